The number of benzene rings is 2. The van der Waals surface area contributed by atoms with E-state index in [2.05, 4.69) is 10.6 Å². The molecule has 148 valence electrons. The molecule has 0 bridgehead atoms. The van der Waals surface area contributed by atoms with E-state index in [1.165, 1.54) is 35.5 Å². The van der Waals surface area contributed by atoms with Crippen molar-refractivity contribution in [3.63, 3.8) is 0 Å². The van der Waals surface area contributed by atoms with Crippen LogP contribution in [0.1, 0.15) is 25.3 Å². The number of sulfonamides is 1. The van der Waals surface area contributed by atoms with Gasteiger partial charge in [0.05, 0.1) is 4.90 Å². The molecule has 3 rings (SSSR count). The molecule has 1 saturated heterocycles. The zero-order valence-corrected chi connectivity index (χ0v) is 16.6. The third kappa shape index (κ3) is 4.40. The van der Waals surface area contributed by atoms with Crippen LogP contribution in [-0.2, 0) is 19.6 Å². The van der Waals surface area contributed by atoms with Gasteiger partial charge in [0.15, 0.2) is 0 Å². The monoisotopic (exact) mass is 401 g/mol. The number of carbonyl (C=O) groups excluding carboxylic acids is 2. The summed E-state index contributed by atoms with van der Waals surface area (Å²) in [7, 11) is -3.82. The quantitative estimate of drug-likeness (QED) is 0.805. The molecule has 2 N–H and O–H groups in total. The maximum Gasteiger partial charge on any atom is 0.243 e. The first-order valence-electron chi connectivity index (χ1n) is 9.04. The van der Waals surface area contributed by atoms with Gasteiger partial charge in [0.1, 0.15) is 6.04 Å². The zero-order valence-electron chi connectivity index (χ0n) is 15.8. The maximum absolute atomic E-state index is 13.0. The minimum absolute atomic E-state index is 0.0941. The number of hydrogen-bond donors (Lipinski definition) is 2. The third-order valence-electron chi connectivity index (χ3n) is 4.61. The standard InChI is InChI=1S/C20H23N3O4S/c1-14-5-7-17(8-6-14)22-20(25)19-4-3-13-23(19)28(26,27)18-11-9-16(10-12-18)21-15(2)24/h5-12,19H,3-4,13H2,1-2H3,(H,21,24)(H,22,25). The van der Waals surface area contributed by atoms with Gasteiger partial charge in [-0.15, -0.1) is 0 Å². The first-order valence-corrected chi connectivity index (χ1v) is 10.5. The Morgan fingerprint density at radius 3 is 2.14 bits per heavy atom. The van der Waals surface area contributed by atoms with E-state index in [9.17, 15) is 18.0 Å². The molecule has 0 aliphatic carbocycles. The summed E-state index contributed by atoms with van der Waals surface area (Å²) in [5.41, 5.74) is 2.23. The Bertz CT molecular complexity index is 970. The lowest BCUT2D eigenvalue weighted by Crippen LogP contribution is -2.43. The molecule has 2 amide bonds. The molecule has 0 saturated carbocycles. The number of nitrogens with zero attached hydrogens (tertiary/aromatic N) is 1. The number of aryl methyl sites for hydroxylation is 1. The predicted molar refractivity (Wildman–Crippen MR) is 107 cm³/mol. The van der Waals surface area contributed by atoms with Crippen LogP contribution in [0.5, 0.6) is 0 Å². The second-order valence-corrected chi connectivity index (χ2v) is 8.73. The van der Waals surface area contributed by atoms with Crippen molar-refractivity contribution < 1.29 is 18.0 Å². The normalized spacial score (nSPS) is 17.3. The number of carbonyl (C=O) groups is 2. The molecule has 2 aromatic rings. The minimum atomic E-state index is -3.82. The van der Waals surface area contributed by atoms with Crippen LogP contribution in [-0.4, -0.2) is 37.1 Å². The van der Waals surface area contributed by atoms with Crippen LogP contribution in [0.15, 0.2) is 53.4 Å². The van der Waals surface area contributed by atoms with Crippen LogP contribution >= 0.6 is 0 Å². The summed E-state index contributed by atoms with van der Waals surface area (Å²) < 4.78 is 27.3. The molecule has 1 aliphatic rings. The van der Waals surface area contributed by atoms with Crippen LogP contribution in [0, 0.1) is 6.92 Å². The first kappa shape index (κ1) is 20.0. The van der Waals surface area contributed by atoms with E-state index in [0.717, 1.165) is 5.56 Å². The Labute approximate surface area is 164 Å². The molecule has 1 heterocycles. The summed E-state index contributed by atoms with van der Waals surface area (Å²) in [5.74, 6) is -0.567. The fraction of sp³-hybridized carbons (Fsp3) is 0.300. The molecule has 1 unspecified atom stereocenters. The van der Waals surface area contributed by atoms with E-state index >= 15 is 0 Å². The lowest BCUT2D eigenvalue weighted by atomic mass is 10.2. The van der Waals surface area contributed by atoms with Gasteiger partial charge in [0.2, 0.25) is 21.8 Å². The van der Waals surface area contributed by atoms with Crippen molar-refractivity contribution in [2.75, 3.05) is 17.2 Å². The summed E-state index contributed by atoms with van der Waals surface area (Å²) in [6.07, 6.45) is 1.09. The van der Waals surface area contributed by atoms with E-state index < -0.39 is 16.1 Å². The third-order valence-corrected chi connectivity index (χ3v) is 6.53. The molecule has 0 spiro atoms. The highest BCUT2D eigenvalue weighted by Crippen LogP contribution is 2.27. The van der Waals surface area contributed by atoms with Gasteiger partial charge in [-0.05, 0) is 56.2 Å². The molecule has 7 nitrogen and oxygen atoms in total. The minimum Gasteiger partial charge on any atom is -0.326 e. The highest BCUT2D eigenvalue weighted by atomic mass is 32.2. The summed E-state index contributed by atoms with van der Waals surface area (Å²) in [6.45, 7) is 3.63. The second-order valence-electron chi connectivity index (χ2n) is 6.83. The predicted octanol–water partition coefficient (Wildman–Crippen LogP) is 2.75. The highest BCUT2D eigenvalue weighted by molar-refractivity contribution is 7.89. The summed E-state index contributed by atoms with van der Waals surface area (Å²) in [4.78, 5) is 23.9. The van der Waals surface area contributed by atoms with Crippen molar-refractivity contribution >= 4 is 33.2 Å². The summed E-state index contributed by atoms with van der Waals surface area (Å²) in [5, 5.41) is 5.40. The van der Waals surface area contributed by atoms with Gasteiger partial charge < -0.3 is 10.6 Å². The molecule has 1 atom stereocenters. The van der Waals surface area contributed by atoms with Crippen molar-refractivity contribution in [3.05, 3.63) is 54.1 Å². The van der Waals surface area contributed by atoms with Crippen LogP contribution in [0.3, 0.4) is 0 Å². The van der Waals surface area contributed by atoms with Gasteiger partial charge in [0.25, 0.3) is 0 Å². The van der Waals surface area contributed by atoms with E-state index in [-0.39, 0.29) is 16.7 Å². The number of nitrogens with one attached hydrogen (secondary N) is 2. The van der Waals surface area contributed by atoms with Gasteiger partial charge in [0, 0.05) is 24.8 Å². The largest absolute Gasteiger partial charge is 0.326 e. The van der Waals surface area contributed by atoms with Gasteiger partial charge in [-0.3, -0.25) is 9.59 Å². The van der Waals surface area contributed by atoms with Gasteiger partial charge >= 0.3 is 0 Å². The van der Waals surface area contributed by atoms with Crippen molar-refractivity contribution in [3.8, 4) is 0 Å². The van der Waals surface area contributed by atoms with Gasteiger partial charge in [-0.2, -0.15) is 4.31 Å². The molecule has 8 heteroatoms. The highest BCUT2D eigenvalue weighted by Gasteiger charge is 2.39. The van der Waals surface area contributed by atoms with Crippen molar-refractivity contribution in [1.82, 2.24) is 4.31 Å². The summed E-state index contributed by atoms with van der Waals surface area (Å²) in [6, 6.07) is 12.6. The number of anilines is 2. The molecule has 1 fully saturated rings. The van der Waals surface area contributed by atoms with E-state index in [0.29, 0.717) is 30.8 Å². The van der Waals surface area contributed by atoms with Gasteiger partial charge in [-0.25, -0.2) is 8.42 Å². The molecule has 28 heavy (non-hydrogen) atoms. The Balaban J connectivity index is 1.77. The van der Waals surface area contributed by atoms with E-state index in [1.807, 2.05) is 19.1 Å². The SMILES string of the molecule is CC(=O)Nc1ccc(S(=O)(=O)N2CCCC2C(=O)Nc2ccc(C)cc2)cc1. The Kier molecular flexibility index (Phi) is 5.81. The smallest absolute Gasteiger partial charge is 0.243 e. The van der Waals surface area contributed by atoms with E-state index in [4.69, 9.17) is 0 Å². The molecule has 2 aromatic carbocycles. The van der Waals surface area contributed by atoms with Crippen LogP contribution in [0.25, 0.3) is 0 Å². The Morgan fingerprint density at radius 1 is 0.964 bits per heavy atom. The van der Waals surface area contributed by atoms with Crippen LogP contribution in [0.2, 0.25) is 0 Å². The first-order chi connectivity index (χ1) is 13.3. The number of rotatable bonds is 5. The Hall–Kier alpha value is -2.71. The van der Waals surface area contributed by atoms with Gasteiger partial charge in [-0.1, -0.05) is 17.7 Å². The van der Waals surface area contributed by atoms with Crippen LogP contribution in [0.4, 0.5) is 11.4 Å². The fourth-order valence-corrected chi connectivity index (χ4v) is 4.86. The van der Waals surface area contributed by atoms with Crippen molar-refractivity contribution in [2.24, 2.45) is 0 Å². The number of amides is 2. The second kappa shape index (κ2) is 8.12. The van der Waals surface area contributed by atoms with Crippen molar-refractivity contribution in [2.45, 2.75) is 37.6 Å². The molecule has 1 aliphatic heterocycles. The van der Waals surface area contributed by atoms with E-state index in [1.54, 1.807) is 12.1 Å². The topological polar surface area (TPSA) is 95.6 Å². The molecule has 0 radical (unpaired) electrons. The number of hydrogen-bond acceptors (Lipinski definition) is 4. The maximum atomic E-state index is 13.0. The molecule has 0 aromatic heterocycles. The fourth-order valence-electron chi connectivity index (χ4n) is 3.20. The zero-order chi connectivity index (χ0) is 20.3. The van der Waals surface area contributed by atoms with Crippen LogP contribution < -0.4 is 10.6 Å². The summed E-state index contributed by atoms with van der Waals surface area (Å²) >= 11 is 0. The Morgan fingerprint density at radius 2 is 1.54 bits per heavy atom. The lowest BCUT2D eigenvalue weighted by Gasteiger charge is -2.23. The average molecular weight is 401 g/mol. The lowest BCUT2D eigenvalue weighted by molar-refractivity contribution is -0.119. The van der Waals surface area contributed by atoms with Crippen molar-refractivity contribution in [1.29, 1.82) is 0 Å². The molecular formula is C20H23N3O4S. The average Bonchev–Trinajstić information content (AvgIpc) is 3.14. The molecular weight excluding hydrogens is 378 g/mol.